The zero-order chi connectivity index (χ0) is 11.7. The van der Waals surface area contributed by atoms with Gasteiger partial charge in [-0.1, -0.05) is 20.3 Å². The van der Waals surface area contributed by atoms with Gasteiger partial charge in [0.25, 0.3) is 0 Å². The van der Waals surface area contributed by atoms with Gasteiger partial charge in [0, 0.05) is 13.6 Å². The standard InChI is InChI=1S/C11H18N4S/c1-4-6-7-15-10-9(12-11(15)16)8(5-2)13-14(10)3/h4-7H2,1-3H3,(H,12,16). The van der Waals surface area contributed by atoms with Crippen LogP contribution in [0.1, 0.15) is 32.4 Å². The minimum absolute atomic E-state index is 0.811. The van der Waals surface area contributed by atoms with Crippen molar-refractivity contribution < 1.29 is 0 Å². The number of imidazole rings is 1. The Labute approximate surface area is 100 Å². The summed E-state index contributed by atoms with van der Waals surface area (Å²) in [5, 5.41) is 4.50. The lowest BCUT2D eigenvalue weighted by atomic mass is 10.3. The molecule has 2 heterocycles. The van der Waals surface area contributed by atoms with Gasteiger partial charge in [0.05, 0.1) is 5.69 Å². The van der Waals surface area contributed by atoms with Crippen molar-refractivity contribution in [2.24, 2.45) is 7.05 Å². The summed E-state index contributed by atoms with van der Waals surface area (Å²) < 4.78 is 4.89. The Balaban J connectivity index is 2.59. The molecule has 0 aliphatic rings. The first-order valence-electron chi connectivity index (χ1n) is 5.83. The Morgan fingerprint density at radius 2 is 2.12 bits per heavy atom. The van der Waals surface area contributed by atoms with Crippen molar-refractivity contribution in [1.82, 2.24) is 19.3 Å². The zero-order valence-electron chi connectivity index (χ0n) is 10.1. The van der Waals surface area contributed by atoms with Crippen LogP contribution >= 0.6 is 12.2 Å². The molecule has 0 atom stereocenters. The van der Waals surface area contributed by atoms with E-state index in [9.17, 15) is 0 Å². The van der Waals surface area contributed by atoms with Crippen molar-refractivity contribution in [3.05, 3.63) is 10.5 Å². The van der Waals surface area contributed by atoms with Crippen LogP contribution in [0, 0.1) is 4.77 Å². The number of hydrogen-bond acceptors (Lipinski definition) is 2. The molecule has 0 aliphatic carbocycles. The van der Waals surface area contributed by atoms with Crippen molar-refractivity contribution in [1.29, 1.82) is 0 Å². The van der Waals surface area contributed by atoms with Crippen LogP contribution in [-0.2, 0) is 20.0 Å². The number of nitrogens with zero attached hydrogens (tertiary/aromatic N) is 3. The van der Waals surface area contributed by atoms with Gasteiger partial charge in [0.15, 0.2) is 10.4 Å². The number of fused-ring (bicyclic) bond motifs is 1. The van der Waals surface area contributed by atoms with Gasteiger partial charge in [0.2, 0.25) is 0 Å². The number of unbranched alkanes of at least 4 members (excludes halogenated alkanes) is 1. The van der Waals surface area contributed by atoms with Crippen LogP contribution < -0.4 is 0 Å². The van der Waals surface area contributed by atoms with Crippen molar-refractivity contribution >= 4 is 23.4 Å². The minimum atomic E-state index is 0.811. The van der Waals surface area contributed by atoms with E-state index in [1.54, 1.807) is 0 Å². The molecule has 0 bridgehead atoms. The molecule has 0 radical (unpaired) electrons. The molecule has 88 valence electrons. The fourth-order valence-corrected chi connectivity index (χ4v) is 2.33. The SMILES string of the molecule is CCCCn1c(=S)[nH]c2c(CC)nn(C)c21. The van der Waals surface area contributed by atoms with Gasteiger partial charge in [-0.2, -0.15) is 5.10 Å². The van der Waals surface area contributed by atoms with E-state index in [2.05, 4.69) is 28.5 Å². The summed E-state index contributed by atoms with van der Waals surface area (Å²) >= 11 is 5.35. The molecule has 5 heteroatoms. The molecular weight excluding hydrogens is 220 g/mol. The number of aromatic nitrogens is 4. The Kier molecular flexibility index (Phi) is 3.14. The topological polar surface area (TPSA) is 38.5 Å². The third-order valence-corrected chi connectivity index (χ3v) is 3.21. The highest BCUT2D eigenvalue weighted by Crippen LogP contribution is 2.18. The fraction of sp³-hybridized carbons (Fsp3) is 0.636. The summed E-state index contributed by atoms with van der Waals surface area (Å²) in [6.45, 7) is 5.27. The molecule has 0 spiro atoms. The van der Waals surface area contributed by atoms with E-state index < -0.39 is 0 Å². The summed E-state index contributed by atoms with van der Waals surface area (Å²) in [6.07, 6.45) is 3.25. The second-order valence-corrected chi connectivity index (χ2v) is 4.44. The molecule has 0 unspecified atom stereocenters. The van der Waals surface area contributed by atoms with Gasteiger partial charge in [-0.15, -0.1) is 0 Å². The third-order valence-electron chi connectivity index (χ3n) is 2.89. The Morgan fingerprint density at radius 1 is 1.38 bits per heavy atom. The zero-order valence-corrected chi connectivity index (χ0v) is 10.9. The largest absolute Gasteiger partial charge is 0.328 e. The maximum atomic E-state index is 5.35. The molecule has 0 amide bonds. The minimum Gasteiger partial charge on any atom is -0.328 e. The lowest BCUT2D eigenvalue weighted by molar-refractivity contribution is 0.617. The second kappa shape index (κ2) is 4.41. The smallest absolute Gasteiger partial charge is 0.179 e. The van der Waals surface area contributed by atoms with E-state index in [0.29, 0.717) is 0 Å². The first-order chi connectivity index (χ1) is 7.69. The molecule has 2 aromatic heterocycles. The van der Waals surface area contributed by atoms with Crippen molar-refractivity contribution in [2.75, 3.05) is 0 Å². The number of nitrogens with one attached hydrogen (secondary N) is 1. The van der Waals surface area contributed by atoms with Gasteiger partial charge in [0.1, 0.15) is 5.52 Å². The van der Waals surface area contributed by atoms with E-state index in [1.807, 2.05) is 11.7 Å². The van der Waals surface area contributed by atoms with Crippen molar-refractivity contribution in [3.8, 4) is 0 Å². The average molecular weight is 238 g/mol. The van der Waals surface area contributed by atoms with Crippen LogP contribution in [0.25, 0.3) is 11.2 Å². The van der Waals surface area contributed by atoms with Crippen LogP contribution in [0.4, 0.5) is 0 Å². The number of aromatic amines is 1. The average Bonchev–Trinajstić information content (AvgIpc) is 2.74. The fourth-order valence-electron chi connectivity index (χ4n) is 2.05. The molecule has 0 aliphatic heterocycles. The molecule has 0 fully saturated rings. The summed E-state index contributed by atoms with van der Waals surface area (Å²) in [5.74, 6) is 0. The van der Waals surface area contributed by atoms with Gasteiger partial charge in [-0.25, -0.2) is 0 Å². The Bertz CT molecular complexity index is 546. The molecule has 4 nitrogen and oxygen atoms in total. The second-order valence-electron chi connectivity index (χ2n) is 4.06. The quantitative estimate of drug-likeness (QED) is 0.832. The van der Waals surface area contributed by atoms with Gasteiger partial charge in [-0.05, 0) is 25.1 Å². The Morgan fingerprint density at radius 3 is 2.75 bits per heavy atom. The van der Waals surface area contributed by atoms with Gasteiger partial charge >= 0.3 is 0 Å². The number of aryl methyl sites for hydroxylation is 3. The predicted octanol–water partition coefficient (Wildman–Crippen LogP) is 2.79. The summed E-state index contributed by atoms with van der Waals surface area (Å²) in [5.41, 5.74) is 3.32. The highest BCUT2D eigenvalue weighted by Gasteiger charge is 2.13. The maximum Gasteiger partial charge on any atom is 0.179 e. The van der Waals surface area contributed by atoms with Crippen LogP contribution in [0.5, 0.6) is 0 Å². The number of hydrogen-bond donors (Lipinski definition) is 1. The molecular formula is C11H18N4S. The number of H-pyrrole nitrogens is 1. The van der Waals surface area contributed by atoms with Crippen molar-refractivity contribution in [2.45, 2.75) is 39.7 Å². The Hall–Kier alpha value is -1.10. The lowest BCUT2D eigenvalue weighted by Gasteiger charge is -2.02. The van der Waals surface area contributed by atoms with E-state index in [-0.39, 0.29) is 0 Å². The first-order valence-corrected chi connectivity index (χ1v) is 6.24. The molecule has 2 rings (SSSR count). The van der Waals surface area contributed by atoms with E-state index in [4.69, 9.17) is 12.2 Å². The molecule has 1 N–H and O–H groups in total. The maximum absolute atomic E-state index is 5.35. The van der Waals surface area contributed by atoms with Crippen molar-refractivity contribution in [3.63, 3.8) is 0 Å². The van der Waals surface area contributed by atoms with Crippen LogP contribution in [0.15, 0.2) is 0 Å². The molecule has 0 saturated carbocycles. The molecule has 0 aromatic carbocycles. The highest BCUT2D eigenvalue weighted by atomic mass is 32.1. The first kappa shape index (κ1) is 11.4. The summed E-state index contributed by atoms with van der Waals surface area (Å²) in [7, 11) is 1.98. The number of rotatable bonds is 4. The van der Waals surface area contributed by atoms with E-state index in [1.165, 1.54) is 6.42 Å². The third kappa shape index (κ3) is 1.69. The molecule has 0 saturated heterocycles. The summed E-state index contributed by atoms with van der Waals surface area (Å²) in [6, 6.07) is 0. The predicted molar refractivity (Wildman–Crippen MR) is 68.2 cm³/mol. The van der Waals surface area contributed by atoms with Crippen LogP contribution in [-0.4, -0.2) is 19.3 Å². The van der Waals surface area contributed by atoms with Crippen LogP contribution in [0.3, 0.4) is 0 Å². The van der Waals surface area contributed by atoms with E-state index >= 15 is 0 Å². The molecule has 2 aromatic rings. The lowest BCUT2D eigenvalue weighted by Crippen LogP contribution is -2.03. The monoisotopic (exact) mass is 238 g/mol. The van der Waals surface area contributed by atoms with E-state index in [0.717, 1.165) is 41.0 Å². The van der Waals surface area contributed by atoms with Crippen LogP contribution in [0.2, 0.25) is 0 Å². The molecule has 16 heavy (non-hydrogen) atoms. The summed E-state index contributed by atoms with van der Waals surface area (Å²) in [4.78, 5) is 3.27. The van der Waals surface area contributed by atoms with Gasteiger partial charge < -0.3 is 9.55 Å². The normalized spacial score (nSPS) is 11.4. The highest BCUT2D eigenvalue weighted by molar-refractivity contribution is 7.71. The van der Waals surface area contributed by atoms with Gasteiger partial charge in [-0.3, -0.25) is 4.68 Å².